The van der Waals surface area contributed by atoms with E-state index in [1.54, 1.807) is 18.0 Å². The van der Waals surface area contributed by atoms with E-state index in [-0.39, 0.29) is 24.8 Å². The molecular weight excluding hydrogens is 444 g/mol. The summed E-state index contributed by atoms with van der Waals surface area (Å²) < 4.78 is 5.78. The fourth-order valence-electron chi connectivity index (χ4n) is 5.36. The molecular formula is C28H36N2O5. The number of aryl methyl sites for hydroxylation is 1. The maximum Gasteiger partial charge on any atom is 0.260 e. The summed E-state index contributed by atoms with van der Waals surface area (Å²) in [6, 6.07) is 13.1. The van der Waals surface area contributed by atoms with Crippen molar-refractivity contribution >= 4 is 11.8 Å². The minimum Gasteiger partial charge on any atom is -0.483 e. The van der Waals surface area contributed by atoms with Crippen LogP contribution in [0.2, 0.25) is 0 Å². The van der Waals surface area contributed by atoms with Crippen LogP contribution in [0.15, 0.2) is 42.5 Å². The summed E-state index contributed by atoms with van der Waals surface area (Å²) in [4.78, 5) is 29.6. The van der Waals surface area contributed by atoms with Gasteiger partial charge < -0.3 is 24.7 Å². The van der Waals surface area contributed by atoms with Crippen molar-refractivity contribution in [2.45, 2.75) is 51.7 Å². The second kappa shape index (κ2) is 10.4. The fraction of sp³-hybridized carbons (Fsp3) is 0.500. The number of likely N-dealkylation sites (tertiary alicyclic amines) is 1. The van der Waals surface area contributed by atoms with Crippen LogP contribution in [0.25, 0.3) is 0 Å². The van der Waals surface area contributed by atoms with Gasteiger partial charge in [-0.25, -0.2) is 0 Å². The summed E-state index contributed by atoms with van der Waals surface area (Å²) >= 11 is 0. The number of carbonyl (C=O) groups excluding carboxylic acids is 2. The third-order valence-corrected chi connectivity index (χ3v) is 7.78. The Labute approximate surface area is 207 Å². The third kappa shape index (κ3) is 5.52. The number of aliphatic hydroxyl groups is 2. The molecule has 0 bridgehead atoms. The Morgan fingerprint density at radius 1 is 1.03 bits per heavy atom. The van der Waals surface area contributed by atoms with Gasteiger partial charge in [-0.3, -0.25) is 9.59 Å². The Balaban J connectivity index is 1.53. The van der Waals surface area contributed by atoms with Crippen molar-refractivity contribution in [3.05, 3.63) is 64.7 Å². The first-order chi connectivity index (χ1) is 16.7. The molecule has 0 aliphatic carbocycles. The van der Waals surface area contributed by atoms with Gasteiger partial charge in [-0.2, -0.15) is 0 Å². The van der Waals surface area contributed by atoms with Crippen LogP contribution in [-0.4, -0.2) is 77.3 Å². The number of piperidine rings is 1. The topological polar surface area (TPSA) is 90.3 Å². The quantitative estimate of drug-likeness (QED) is 0.655. The molecule has 35 heavy (non-hydrogen) atoms. The highest BCUT2D eigenvalue weighted by Gasteiger charge is 2.41. The van der Waals surface area contributed by atoms with Crippen LogP contribution < -0.4 is 4.74 Å². The van der Waals surface area contributed by atoms with E-state index >= 15 is 0 Å². The maximum absolute atomic E-state index is 13.3. The minimum atomic E-state index is -0.952. The van der Waals surface area contributed by atoms with Crippen LogP contribution in [0.3, 0.4) is 0 Å². The highest BCUT2D eigenvalue weighted by atomic mass is 16.5. The number of hydrogen-bond acceptors (Lipinski definition) is 5. The Bertz CT molecular complexity index is 1080. The number of aliphatic hydroxyl groups excluding tert-OH is 2. The lowest BCUT2D eigenvalue weighted by Gasteiger charge is -2.45. The van der Waals surface area contributed by atoms with E-state index in [0.29, 0.717) is 44.6 Å². The predicted molar refractivity (Wildman–Crippen MR) is 133 cm³/mol. The summed E-state index contributed by atoms with van der Waals surface area (Å²) in [6.07, 6.45) is -0.0150. The van der Waals surface area contributed by atoms with Crippen LogP contribution in [0.5, 0.6) is 5.75 Å². The monoisotopic (exact) mass is 480 g/mol. The molecule has 1 fully saturated rings. The number of carbonyl (C=O) groups is 2. The van der Waals surface area contributed by atoms with Crippen molar-refractivity contribution in [1.82, 2.24) is 9.80 Å². The third-order valence-electron chi connectivity index (χ3n) is 7.78. The molecule has 2 aliphatic heterocycles. The molecule has 2 heterocycles. The number of para-hydroxylation sites is 1. The van der Waals surface area contributed by atoms with Crippen molar-refractivity contribution in [2.24, 2.45) is 5.41 Å². The van der Waals surface area contributed by atoms with Gasteiger partial charge >= 0.3 is 0 Å². The first kappa shape index (κ1) is 25.2. The Hall–Kier alpha value is -2.90. The fourth-order valence-corrected chi connectivity index (χ4v) is 5.36. The van der Waals surface area contributed by atoms with Gasteiger partial charge in [-0.1, -0.05) is 30.3 Å². The van der Waals surface area contributed by atoms with Gasteiger partial charge in [0.2, 0.25) is 0 Å². The van der Waals surface area contributed by atoms with Gasteiger partial charge in [0.25, 0.3) is 11.8 Å². The smallest absolute Gasteiger partial charge is 0.260 e. The summed E-state index contributed by atoms with van der Waals surface area (Å²) in [5.74, 6) is 0.432. The average Bonchev–Trinajstić information content (AvgIpc) is 2.84. The number of hydrogen-bond donors (Lipinski definition) is 2. The van der Waals surface area contributed by atoms with E-state index in [4.69, 9.17) is 4.74 Å². The van der Waals surface area contributed by atoms with Crippen LogP contribution in [0, 0.1) is 19.3 Å². The van der Waals surface area contributed by atoms with Gasteiger partial charge in [-0.15, -0.1) is 0 Å². The Morgan fingerprint density at radius 2 is 1.74 bits per heavy atom. The molecule has 0 aromatic heterocycles. The lowest BCUT2D eigenvalue weighted by molar-refractivity contribution is -0.135. The molecule has 2 N–H and O–H groups in total. The van der Waals surface area contributed by atoms with E-state index in [2.05, 4.69) is 0 Å². The van der Waals surface area contributed by atoms with E-state index in [0.717, 1.165) is 22.3 Å². The Morgan fingerprint density at radius 3 is 2.49 bits per heavy atom. The lowest BCUT2D eigenvalue weighted by atomic mass is 9.72. The molecule has 1 saturated heterocycles. The molecule has 0 radical (unpaired) electrons. The van der Waals surface area contributed by atoms with Crippen molar-refractivity contribution in [2.75, 3.05) is 33.3 Å². The largest absolute Gasteiger partial charge is 0.483 e. The molecule has 7 nitrogen and oxygen atoms in total. The number of benzene rings is 2. The molecule has 0 saturated carbocycles. The Kier molecular flexibility index (Phi) is 7.47. The van der Waals surface area contributed by atoms with Gasteiger partial charge in [-0.05, 0) is 67.3 Å². The number of rotatable bonds is 1. The van der Waals surface area contributed by atoms with Gasteiger partial charge in [0.05, 0.1) is 12.2 Å². The van der Waals surface area contributed by atoms with E-state index in [1.807, 2.05) is 55.1 Å². The summed E-state index contributed by atoms with van der Waals surface area (Å²) in [6.45, 7) is 5.40. The van der Waals surface area contributed by atoms with Crippen LogP contribution in [-0.2, 0) is 11.2 Å². The normalized spacial score (nSPS) is 23.2. The molecule has 4 rings (SSSR count). The molecule has 7 heteroatoms. The lowest BCUT2D eigenvalue weighted by Crippen LogP contribution is -2.51. The molecule has 2 atom stereocenters. The molecule has 0 unspecified atom stereocenters. The zero-order chi connectivity index (χ0) is 25.2. The van der Waals surface area contributed by atoms with Gasteiger partial charge in [0.15, 0.2) is 6.61 Å². The molecule has 2 amide bonds. The van der Waals surface area contributed by atoms with Crippen LogP contribution >= 0.6 is 0 Å². The summed E-state index contributed by atoms with van der Waals surface area (Å²) in [5, 5.41) is 21.8. The summed E-state index contributed by atoms with van der Waals surface area (Å²) in [5.41, 5.74) is 3.16. The van der Waals surface area contributed by atoms with Crippen molar-refractivity contribution in [1.29, 1.82) is 0 Å². The van der Waals surface area contributed by atoms with Crippen molar-refractivity contribution in [3.8, 4) is 5.75 Å². The van der Waals surface area contributed by atoms with Gasteiger partial charge in [0.1, 0.15) is 5.75 Å². The average molecular weight is 481 g/mol. The minimum absolute atomic E-state index is 0.0178. The highest BCUT2D eigenvalue weighted by Crippen LogP contribution is 2.39. The van der Waals surface area contributed by atoms with E-state index in [9.17, 15) is 19.8 Å². The predicted octanol–water partition coefficient (Wildman–Crippen LogP) is 2.73. The molecule has 188 valence electrons. The second-order valence-electron chi connectivity index (χ2n) is 10.2. The second-order valence-corrected chi connectivity index (χ2v) is 10.2. The standard InChI is InChI=1S/C28H36N2O5/c1-19-7-6-9-22(20(19)2)27(34)30-13-11-28(12-14-30)16-24(32)23(31)15-21-8-4-5-10-25(21)35-17-26(33)29(3)18-28/h4-10,23-24,31-32H,11-18H2,1-3H3/t23-,24+/m0/s1. The number of amides is 2. The number of nitrogens with zero attached hydrogens (tertiary/aromatic N) is 2. The molecule has 2 aromatic rings. The van der Waals surface area contributed by atoms with Gasteiger partial charge in [0, 0.05) is 38.7 Å². The van der Waals surface area contributed by atoms with Crippen molar-refractivity contribution < 1.29 is 24.5 Å². The maximum atomic E-state index is 13.3. The first-order valence-electron chi connectivity index (χ1n) is 12.4. The number of fused-ring (bicyclic) bond motifs is 1. The summed E-state index contributed by atoms with van der Waals surface area (Å²) in [7, 11) is 1.75. The molecule has 1 spiro atoms. The van der Waals surface area contributed by atoms with Crippen LogP contribution in [0.1, 0.15) is 46.3 Å². The molecule has 2 aliphatic rings. The van der Waals surface area contributed by atoms with Crippen LogP contribution in [0.4, 0.5) is 0 Å². The van der Waals surface area contributed by atoms with Crippen molar-refractivity contribution in [3.63, 3.8) is 0 Å². The number of likely N-dealkylation sites (N-methyl/N-ethyl adjacent to an activating group) is 1. The number of ether oxygens (including phenoxy) is 1. The molecule has 2 aromatic carbocycles. The highest BCUT2D eigenvalue weighted by molar-refractivity contribution is 5.96. The van der Waals surface area contributed by atoms with E-state index < -0.39 is 17.6 Å². The first-order valence-corrected chi connectivity index (χ1v) is 12.4. The van der Waals surface area contributed by atoms with E-state index in [1.165, 1.54) is 0 Å². The SMILES string of the molecule is Cc1cccc(C(=O)N2CCC3(CC2)C[C@@H](O)[C@@H](O)Cc2ccccc2OCC(=O)N(C)C3)c1C. The zero-order valence-corrected chi connectivity index (χ0v) is 20.9. The zero-order valence-electron chi connectivity index (χ0n) is 20.9.